The first-order valence-corrected chi connectivity index (χ1v) is 9.46. The van der Waals surface area contributed by atoms with Gasteiger partial charge in [-0.3, -0.25) is 9.59 Å². The molecule has 0 radical (unpaired) electrons. The van der Waals surface area contributed by atoms with Gasteiger partial charge in [0.2, 0.25) is 11.8 Å². The molecule has 2 aromatic rings. The summed E-state index contributed by atoms with van der Waals surface area (Å²) in [6.07, 6.45) is 1.05. The van der Waals surface area contributed by atoms with Gasteiger partial charge in [0.1, 0.15) is 5.82 Å². The molecular weight excluding hydrogens is 361 g/mol. The van der Waals surface area contributed by atoms with Gasteiger partial charge in [0.05, 0.1) is 22.8 Å². The van der Waals surface area contributed by atoms with Crippen molar-refractivity contribution in [2.24, 2.45) is 0 Å². The van der Waals surface area contributed by atoms with E-state index < -0.39 is 27.5 Å². The lowest BCUT2D eigenvalue weighted by atomic mass is 10.2. The minimum absolute atomic E-state index is 0.00895. The number of amides is 2. The average Bonchev–Trinajstić information content (AvgIpc) is 2.54. The number of para-hydroxylation sites is 1. The van der Waals surface area contributed by atoms with E-state index in [4.69, 9.17) is 0 Å². The first-order chi connectivity index (χ1) is 12.2. The van der Waals surface area contributed by atoms with Crippen molar-refractivity contribution in [1.29, 1.82) is 0 Å². The molecule has 2 aromatic carbocycles. The van der Waals surface area contributed by atoms with Crippen molar-refractivity contribution in [3.05, 3.63) is 48.3 Å². The number of carbonyl (C=O) groups excluding carboxylic acids is 2. The SMILES string of the molecule is CC(=O)Nc1cc(NCC(=O)Nc2ccccc2S(C)(=O)=O)ccc1F. The van der Waals surface area contributed by atoms with Crippen LogP contribution >= 0.6 is 0 Å². The molecule has 0 bridgehead atoms. The van der Waals surface area contributed by atoms with Gasteiger partial charge in [0.25, 0.3) is 0 Å². The number of halogens is 1. The van der Waals surface area contributed by atoms with Crippen molar-refractivity contribution < 1.29 is 22.4 Å². The summed E-state index contributed by atoms with van der Waals surface area (Å²) < 4.78 is 37.1. The number of anilines is 3. The number of rotatable bonds is 6. The van der Waals surface area contributed by atoms with Gasteiger partial charge in [-0.15, -0.1) is 0 Å². The van der Waals surface area contributed by atoms with Crippen molar-refractivity contribution in [3.63, 3.8) is 0 Å². The molecule has 0 aliphatic rings. The van der Waals surface area contributed by atoms with Crippen LogP contribution in [0.2, 0.25) is 0 Å². The van der Waals surface area contributed by atoms with Crippen molar-refractivity contribution in [2.45, 2.75) is 11.8 Å². The van der Waals surface area contributed by atoms with Crippen LogP contribution in [-0.4, -0.2) is 33.0 Å². The number of benzene rings is 2. The molecule has 7 nitrogen and oxygen atoms in total. The van der Waals surface area contributed by atoms with Crippen LogP contribution in [0.1, 0.15) is 6.92 Å². The van der Waals surface area contributed by atoms with Crippen molar-refractivity contribution >= 4 is 38.7 Å². The van der Waals surface area contributed by atoms with E-state index in [0.717, 1.165) is 12.3 Å². The molecule has 0 saturated heterocycles. The summed E-state index contributed by atoms with van der Waals surface area (Å²) in [7, 11) is -3.49. The molecule has 2 amide bonds. The largest absolute Gasteiger partial charge is 0.376 e. The lowest BCUT2D eigenvalue weighted by Crippen LogP contribution is -2.23. The highest BCUT2D eigenvalue weighted by molar-refractivity contribution is 7.90. The molecule has 0 atom stereocenters. The molecule has 3 N–H and O–H groups in total. The third-order valence-electron chi connectivity index (χ3n) is 3.29. The maximum Gasteiger partial charge on any atom is 0.243 e. The number of nitrogens with one attached hydrogen (secondary N) is 3. The van der Waals surface area contributed by atoms with Gasteiger partial charge in [0.15, 0.2) is 9.84 Å². The van der Waals surface area contributed by atoms with Crippen LogP contribution in [0.15, 0.2) is 47.4 Å². The molecule has 0 fully saturated rings. The number of hydrogen-bond acceptors (Lipinski definition) is 5. The average molecular weight is 379 g/mol. The summed E-state index contributed by atoms with van der Waals surface area (Å²) in [6.45, 7) is 1.08. The molecule has 2 rings (SSSR count). The Hall–Kier alpha value is -2.94. The van der Waals surface area contributed by atoms with Gasteiger partial charge in [-0.25, -0.2) is 12.8 Å². The second kappa shape index (κ2) is 7.96. The third-order valence-corrected chi connectivity index (χ3v) is 4.45. The van der Waals surface area contributed by atoms with E-state index in [0.29, 0.717) is 5.69 Å². The quantitative estimate of drug-likeness (QED) is 0.714. The highest BCUT2D eigenvalue weighted by Crippen LogP contribution is 2.21. The Balaban J connectivity index is 2.05. The molecule has 0 spiro atoms. The predicted molar refractivity (Wildman–Crippen MR) is 97.4 cm³/mol. The van der Waals surface area contributed by atoms with Gasteiger partial charge in [-0.05, 0) is 30.3 Å². The zero-order chi connectivity index (χ0) is 19.3. The Morgan fingerprint density at radius 3 is 2.38 bits per heavy atom. The zero-order valence-corrected chi connectivity index (χ0v) is 15.0. The summed E-state index contributed by atoms with van der Waals surface area (Å²) >= 11 is 0. The highest BCUT2D eigenvalue weighted by atomic mass is 32.2. The minimum atomic E-state index is -3.49. The van der Waals surface area contributed by atoms with E-state index in [2.05, 4.69) is 16.0 Å². The Morgan fingerprint density at radius 1 is 1.04 bits per heavy atom. The Bertz CT molecular complexity index is 945. The van der Waals surface area contributed by atoms with E-state index in [1.165, 1.54) is 31.2 Å². The second-order valence-electron chi connectivity index (χ2n) is 5.55. The van der Waals surface area contributed by atoms with E-state index in [1.54, 1.807) is 12.1 Å². The van der Waals surface area contributed by atoms with Gasteiger partial charge < -0.3 is 16.0 Å². The molecule has 0 aliphatic carbocycles. The smallest absolute Gasteiger partial charge is 0.243 e. The molecule has 0 unspecified atom stereocenters. The summed E-state index contributed by atoms with van der Waals surface area (Å²) in [4.78, 5) is 23.1. The monoisotopic (exact) mass is 379 g/mol. The maximum absolute atomic E-state index is 13.6. The summed E-state index contributed by atoms with van der Waals surface area (Å²) in [5.74, 6) is -1.50. The topological polar surface area (TPSA) is 104 Å². The van der Waals surface area contributed by atoms with Crippen LogP contribution in [0.5, 0.6) is 0 Å². The molecule has 0 heterocycles. The molecule has 26 heavy (non-hydrogen) atoms. The minimum Gasteiger partial charge on any atom is -0.376 e. The first kappa shape index (κ1) is 19.4. The first-order valence-electron chi connectivity index (χ1n) is 7.57. The highest BCUT2D eigenvalue weighted by Gasteiger charge is 2.14. The van der Waals surface area contributed by atoms with Crippen LogP contribution in [0.25, 0.3) is 0 Å². The van der Waals surface area contributed by atoms with Crippen LogP contribution in [0, 0.1) is 5.82 Å². The maximum atomic E-state index is 13.6. The third kappa shape index (κ3) is 5.28. The summed E-state index contributed by atoms with van der Waals surface area (Å²) in [6, 6.07) is 9.99. The normalized spacial score (nSPS) is 10.9. The standard InChI is InChI=1S/C17H18FN3O4S/c1-11(22)20-15-9-12(7-8-13(15)18)19-10-17(23)21-14-5-3-4-6-16(14)26(2,24)25/h3-9,19H,10H2,1-2H3,(H,20,22)(H,21,23). The van der Waals surface area contributed by atoms with Gasteiger partial charge in [0, 0.05) is 18.9 Å². The zero-order valence-electron chi connectivity index (χ0n) is 14.2. The van der Waals surface area contributed by atoms with Crippen LogP contribution < -0.4 is 16.0 Å². The van der Waals surface area contributed by atoms with Crippen LogP contribution in [0.4, 0.5) is 21.5 Å². The van der Waals surface area contributed by atoms with Crippen molar-refractivity contribution in [3.8, 4) is 0 Å². The fourth-order valence-electron chi connectivity index (χ4n) is 2.19. The van der Waals surface area contributed by atoms with Gasteiger partial charge >= 0.3 is 0 Å². The lowest BCUT2D eigenvalue weighted by molar-refractivity contribution is -0.115. The van der Waals surface area contributed by atoms with E-state index in [-0.39, 0.29) is 22.8 Å². The van der Waals surface area contributed by atoms with Crippen LogP contribution in [-0.2, 0) is 19.4 Å². The Morgan fingerprint density at radius 2 is 1.73 bits per heavy atom. The molecule has 0 saturated carbocycles. The Labute approximate surface area is 150 Å². The van der Waals surface area contributed by atoms with E-state index in [9.17, 15) is 22.4 Å². The number of hydrogen-bond donors (Lipinski definition) is 3. The van der Waals surface area contributed by atoms with Gasteiger partial charge in [-0.2, -0.15) is 0 Å². The molecule has 0 aliphatic heterocycles. The molecule has 138 valence electrons. The van der Waals surface area contributed by atoms with Gasteiger partial charge in [-0.1, -0.05) is 12.1 Å². The number of sulfone groups is 1. The van der Waals surface area contributed by atoms with E-state index in [1.807, 2.05) is 0 Å². The fourth-order valence-corrected chi connectivity index (χ4v) is 3.03. The molecule has 9 heteroatoms. The lowest BCUT2D eigenvalue weighted by Gasteiger charge is -2.12. The molecule has 0 aromatic heterocycles. The number of carbonyl (C=O) groups is 2. The Kier molecular flexibility index (Phi) is 5.93. The van der Waals surface area contributed by atoms with E-state index >= 15 is 0 Å². The summed E-state index contributed by atoms with van der Waals surface area (Å²) in [5, 5.41) is 7.65. The van der Waals surface area contributed by atoms with Crippen molar-refractivity contribution in [2.75, 3.05) is 28.8 Å². The fraction of sp³-hybridized carbons (Fsp3) is 0.176. The van der Waals surface area contributed by atoms with Crippen LogP contribution in [0.3, 0.4) is 0 Å². The summed E-state index contributed by atoms with van der Waals surface area (Å²) in [5.41, 5.74) is 0.590. The molecular formula is C17H18FN3O4S. The predicted octanol–water partition coefficient (Wildman–Crippen LogP) is 2.24. The second-order valence-corrected chi connectivity index (χ2v) is 7.53. The van der Waals surface area contributed by atoms with Crippen molar-refractivity contribution in [1.82, 2.24) is 0 Å².